The molecule has 0 bridgehead atoms. The maximum absolute atomic E-state index is 12.3. The van der Waals surface area contributed by atoms with Crippen LogP contribution >= 0.6 is 15.9 Å². The van der Waals surface area contributed by atoms with Crippen LogP contribution in [0.25, 0.3) is 10.8 Å². The zero-order chi connectivity index (χ0) is 16.9. The van der Waals surface area contributed by atoms with Crippen LogP contribution in [0.5, 0.6) is 0 Å². The molecule has 0 fully saturated rings. The van der Waals surface area contributed by atoms with Crippen LogP contribution in [-0.4, -0.2) is 25.5 Å². The van der Waals surface area contributed by atoms with Crippen LogP contribution in [0.2, 0.25) is 0 Å². The number of hydrogen-bond donors (Lipinski definition) is 2. The van der Waals surface area contributed by atoms with Crippen molar-refractivity contribution < 1.29 is 18.3 Å². The van der Waals surface area contributed by atoms with Crippen LogP contribution in [0.15, 0.2) is 45.8 Å². The van der Waals surface area contributed by atoms with Crippen LogP contribution in [0.1, 0.15) is 20.8 Å². The van der Waals surface area contributed by atoms with Gasteiger partial charge in [-0.25, -0.2) is 8.42 Å². The standard InChI is InChI=1S/C13H12BrNO4S.C2H6/c1-8(13(16)17)15-20(18,19)12-7-6-11(14)9-4-2-3-5-10(9)12;1-2/h2-8,15H,1H3,(H,16,17);1-2H3. The number of sulfonamides is 1. The first-order valence-electron chi connectivity index (χ1n) is 6.75. The zero-order valence-electron chi connectivity index (χ0n) is 12.5. The van der Waals surface area contributed by atoms with E-state index in [1.165, 1.54) is 13.0 Å². The van der Waals surface area contributed by atoms with Crippen molar-refractivity contribution in [3.8, 4) is 0 Å². The molecule has 0 radical (unpaired) electrons. The van der Waals surface area contributed by atoms with Gasteiger partial charge < -0.3 is 5.11 Å². The minimum absolute atomic E-state index is 0.0596. The van der Waals surface area contributed by atoms with Gasteiger partial charge in [-0.3, -0.25) is 4.79 Å². The fourth-order valence-corrected chi connectivity index (χ4v) is 3.70. The third kappa shape index (κ3) is 4.06. The molecule has 1 atom stereocenters. The average Bonchev–Trinajstić information content (AvgIpc) is 2.49. The Morgan fingerprint density at radius 1 is 1.14 bits per heavy atom. The molecule has 7 heteroatoms. The van der Waals surface area contributed by atoms with Gasteiger partial charge >= 0.3 is 5.97 Å². The summed E-state index contributed by atoms with van der Waals surface area (Å²) in [7, 11) is -3.90. The summed E-state index contributed by atoms with van der Waals surface area (Å²) in [4.78, 5) is 10.9. The number of hydrogen-bond acceptors (Lipinski definition) is 3. The molecule has 120 valence electrons. The monoisotopic (exact) mass is 387 g/mol. The lowest BCUT2D eigenvalue weighted by Crippen LogP contribution is -2.38. The third-order valence-electron chi connectivity index (χ3n) is 2.82. The summed E-state index contributed by atoms with van der Waals surface area (Å²) in [5.74, 6) is -1.23. The summed E-state index contributed by atoms with van der Waals surface area (Å²) in [6.07, 6.45) is 0. The van der Waals surface area contributed by atoms with E-state index in [2.05, 4.69) is 20.7 Å². The van der Waals surface area contributed by atoms with Gasteiger partial charge in [0.05, 0.1) is 4.90 Å². The van der Waals surface area contributed by atoms with Gasteiger partial charge in [0, 0.05) is 9.86 Å². The van der Waals surface area contributed by atoms with Crippen molar-refractivity contribution in [1.82, 2.24) is 4.72 Å². The van der Waals surface area contributed by atoms with Gasteiger partial charge in [-0.15, -0.1) is 0 Å². The Morgan fingerprint density at radius 2 is 1.68 bits per heavy atom. The lowest BCUT2D eigenvalue weighted by molar-refractivity contribution is -0.138. The Morgan fingerprint density at radius 3 is 2.23 bits per heavy atom. The van der Waals surface area contributed by atoms with E-state index in [1.54, 1.807) is 30.3 Å². The van der Waals surface area contributed by atoms with Gasteiger partial charge in [0.2, 0.25) is 10.0 Å². The topological polar surface area (TPSA) is 83.5 Å². The molecule has 22 heavy (non-hydrogen) atoms. The molecule has 2 rings (SSSR count). The first kappa shape index (κ1) is 18.6. The summed E-state index contributed by atoms with van der Waals surface area (Å²) in [6.45, 7) is 5.28. The van der Waals surface area contributed by atoms with Crippen LogP contribution in [-0.2, 0) is 14.8 Å². The molecule has 0 aliphatic carbocycles. The first-order valence-corrected chi connectivity index (χ1v) is 9.03. The van der Waals surface area contributed by atoms with Gasteiger partial charge in [0.1, 0.15) is 6.04 Å². The molecular weight excluding hydrogens is 370 g/mol. The summed E-state index contributed by atoms with van der Waals surface area (Å²) < 4.78 is 27.5. The molecule has 2 N–H and O–H groups in total. The Labute approximate surface area is 138 Å². The summed E-state index contributed by atoms with van der Waals surface area (Å²) in [6, 6.07) is 8.89. The van der Waals surface area contributed by atoms with Crippen molar-refractivity contribution in [3.63, 3.8) is 0 Å². The molecule has 0 heterocycles. The lowest BCUT2D eigenvalue weighted by atomic mass is 10.1. The largest absolute Gasteiger partial charge is 0.480 e. The van der Waals surface area contributed by atoms with E-state index in [1.807, 2.05) is 13.8 Å². The van der Waals surface area contributed by atoms with Gasteiger partial charge in [-0.05, 0) is 24.4 Å². The smallest absolute Gasteiger partial charge is 0.321 e. The molecule has 0 aliphatic heterocycles. The molecule has 2 aromatic rings. The molecular formula is C15H18BrNO4S. The summed E-state index contributed by atoms with van der Waals surface area (Å²) in [5, 5.41) is 10.1. The molecule has 2 aromatic carbocycles. The minimum Gasteiger partial charge on any atom is -0.480 e. The van der Waals surface area contributed by atoms with Crippen LogP contribution in [0.3, 0.4) is 0 Å². The van der Waals surface area contributed by atoms with E-state index < -0.39 is 22.0 Å². The number of rotatable bonds is 4. The second-order valence-corrected chi connectivity index (χ2v) is 6.81. The quantitative estimate of drug-likeness (QED) is 0.841. The van der Waals surface area contributed by atoms with E-state index >= 15 is 0 Å². The number of carboxylic acid groups (broad SMARTS) is 1. The number of carbonyl (C=O) groups is 1. The predicted octanol–water partition coefficient (Wildman–Crippen LogP) is 3.38. The molecule has 0 saturated carbocycles. The zero-order valence-corrected chi connectivity index (χ0v) is 14.9. The summed E-state index contributed by atoms with van der Waals surface area (Å²) >= 11 is 3.36. The Kier molecular flexibility index (Phi) is 6.52. The molecule has 0 saturated heterocycles. The lowest BCUT2D eigenvalue weighted by Gasteiger charge is -2.12. The average molecular weight is 388 g/mol. The van der Waals surface area contributed by atoms with E-state index in [0.717, 1.165) is 9.86 Å². The van der Waals surface area contributed by atoms with E-state index in [9.17, 15) is 13.2 Å². The molecule has 1 unspecified atom stereocenters. The third-order valence-corrected chi connectivity index (χ3v) is 5.11. The fraction of sp³-hybridized carbons (Fsp3) is 0.267. The fourth-order valence-electron chi connectivity index (χ4n) is 1.82. The van der Waals surface area contributed by atoms with Crippen molar-refractivity contribution in [2.75, 3.05) is 0 Å². The highest BCUT2D eigenvalue weighted by Gasteiger charge is 2.23. The second-order valence-electron chi connectivity index (χ2n) is 4.27. The molecule has 5 nitrogen and oxygen atoms in total. The van der Waals surface area contributed by atoms with Crippen molar-refractivity contribution >= 4 is 42.7 Å². The van der Waals surface area contributed by atoms with Crippen LogP contribution in [0, 0.1) is 0 Å². The maximum atomic E-state index is 12.3. The second kappa shape index (κ2) is 7.71. The molecule has 0 aliphatic rings. The van der Waals surface area contributed by atoms with Crippen LogP contribution < -0.4 is 4.72 Å². The maximum Gasteiger partial charge on any atom is 0.321 e. The minimum atomic E-state index is -3.90. The Bertz CT molecular complexity index is 774. The van der Waals surface area contributed by atoms with Crippen molar-refractivity contribution in [1.29, 1.82) is 0 Å². The van der Waals surface area contributed by atoms with E-state index in [0.29, 0.717) is 5.39 Å². The Hall–Kier alpha value is -1.44. The van der Waals surface area contributed by atoms with Crippen LogP contribution in [0.4, 0.5) is 0 Å². The highest BCUT2D eigenvalue weighted by Crippen LogP contribution is 2.29. The predicted molar refractivity (Wildman–Crippen MR) is 90.4 cm³/mol. The number of halogens is 1. The Balaban J connectivity index is 0.00000116. The van der Waals surface area contributed by atoms with Crippen molar-refractivity contribution in [2.45, 2.75) is 31.7 Å². The van der Waals surface area contributed by atoms with Gasteiger partial charge in [0.25, 0.3) is 0 Å². The van der Waals surface area contributed by atoms with E-state index in [4.69, 9.17) is 5.11 Å². The molecule has 0 aromatic heterocycles. The van der Waals surface area contributed by atoms with Gasteiger partial charge in [-0.1, -0.05) is 54.0 Å². The number of carboxylic acids is 1. The first-order chi connectivity index (χ1) is 10.3. The van der Waals surface area contributed by atoms with E-state index in [-0.39, 0.29) is 4.90 Å². The SMILES string of the molecule is CC.CC(NS(=O)(=O)c1ccc(Br)c2ccccc12)C(=O)O. The van der Waals surface area contributed by atoms with Crippen molar-refractivity contribution in [2.24, 2.45) is 0 Å². The molecule has 0 spiro atoms. The van der Waals surface area contributed by atoms with Crippen molar-refractivity contribution in [3.05, 3.63) is 40.9 Å². The molecule has 0 amide bonds. The van der Waals surface area contributed by atoms with Gasteiger partial charge in [0.15, 0.2) is 0 Å². The normalized spacial score (nSPS) is 12.4. The van der Waals surface area contributed by atoms with Gasteiger partial charge in [-0.2, -0.15) is 4.72 Å². The number of aliphatic carboxylic acids is 1. The number of benzene rings is 2. The number of nitrogens with one attached hydrogen (secondary N) is 1. The summed E-state index contributed by atoms with van der Waals surface area (Å²) in [5.41, 5.74) is 0. The highest BCUT2D eigenvalue weighted by molar-refractivity contribution is 9.10. The highest BCUT2D eigenvalue weighted by atomic mass is 79.9. The number of fused-ring (bicyclic) bond motifs is 1.